The van der Waals surface area contributed by atoms with Gasteiger partial charge in [-0.25, -0.2) is 0 Å². The average Bonchev–Trinajstić information content (AvgIpc) is 2.36. The van der Waals surface area contributed by atoms with Crippen LogP contribution in [0.2, 0.25) is 0 Å². The quantitative estimate of drug-likeness (QED) is 0.496. The van der Waals surface area contributed by atoms with Gasteiger partial charge in [-0.15, -0.1) is 0 Å². The molecule has 0 aromatic rings. The van der Waals surface area contributed by atoms with Crippen molar-refractivity contribution in [2.75, 3.05) is 13.1 Å². The minimum absolute atomic E-state index is 0.0440. The Morgan fingerprint density at radius 3 is 3.30 bits per heavy atom. The third kappa shape index (κ3) is 0.667. The van der Waals surface area contributed by atoms with Crippen molar-refractivity contribution >= 4 is 12.1 Å². The van der Waals surface area contributed by atoms with E-state index in [0.717, 1.165) is 25.1 Å². The summed E-state index contributed by atoms with van der Waals surface area (Å²) in [6, 6.07) is 0. The van der Waals surface area contributed by atoms with Gasteiger partial charge in [0.05, 0.1) is 12.1 Å². The van der Waals surface area contributed by atoms with Crippen LogP contribution in [-0.2, 0) is 4.79 Å². The van der Waals surface area contributed by atoms with E-state index in [1.807, 2.05) is 0 Å². The number of aliphatic imine (C=N–C) groups is 1. The fraction of sp³-hybridized carbons (Fsp3) is 0.429. The van der Waals surface area contributed by atoms with Gasteiger partial charge in [-0.1, -0.05) is 0 Å². The maximum absolute atomic E-state index is 11.0. The van der Waals surface area contributed by atoms with Crippen molar-refractivity contribution < 1.29 is 4.79 Å². The van der Waals surface area contributed by atoms with Crippen LogP contribution in [0.3, 0.4) is 0 Å². The molecule has 1 amide bonds. The minimum atomic E-state index is 0.0440. The van der Waals surface area contributed by atoms with E-state index < -0.39 is 0 Å². The second-order valence-corrected chi connectivity index (χ2v) is 2.49. The van der Waals surface area contributed by atoms with E-state index in [-0.39, 0.29) is 5.91 Å². The number of nitrogens with zero attached hydrogens (tertiary/aromatic N) is 1. The summed E-state index contributed by atoms with van der Waals surface area (Å²) in [7, 11) is 0. The van der Waals surface area contributed by atoms with Crippen LogP contribution in [0.15, 0.2) is 16.1 Å². The molecular weight excluding hydrogens is 128 g/mol. The van der Waals surface area contributed by atoms with Crippen LogP contribution in [0.4, 0.5) is 0 Å². The predicted octanol–water partition coefficient (Wildman–Crippen LogP) is -0.113. The molecule has 3 nitrogen and oxygen atoms in total. The molecule has 0 radical (unpaired) electrons. The van der Waals surface area contributed by atoms with Gasteiger partial charge in [0.25, 0.3) is 5.91 Å². The topological polar surface area (TPSA) is 41.5 Å². The molecule has 2 aliphatic rings. The molecule has 0 fully saturated rings. The molecule has 2 rings (SSSR count). The van der Waals surface area contributed by atoms with Crippen molar-refractivity contribution in [1.29, 1.82) is 0 Å². The summed E-state index contributed by atoms with van der Waals surface area (Å²) >= 11 is 0. The smallest absolute Gasteiger partial charge is 0.252 e. The Bertz CT molecular complexity index is 240. The molecule has 0 aromatic heterocycles. The maximum atomic E-state index is 11.0. The molecule has 0 bridgehead atoms. The lowest BCUT2D eigenvalue weighted by molar-refractivity contribution is -0.117. The Hall–Kier alpha value is -1.12. The fourth-order valence-corrected chi connectivity index (χ4v) is 1.28. The van der Waals surface area contributed by atoms with Crippen molar-refractivity contribution in [2.24, 2.45) is 4.99 Å². The zero-order chi connectivity index (χ0) is 6.97. The average molecular weight is 136 g/mol. The predicted molar refractivity (Wildman–Crippen MR) is 38.0 cm³/mol. The van der Waals surface area contributed by atoms with Crippen molar-refractivity contribution in [3.8, 4) is 0 Å². The summed E-state index contributed by atoms with van der Waals surface area (Å²) in [5.74, 6) is 0.0440. The maximum Gasteiger partial charge on any atom is 0.252 e. The molecule has 3 heteroatoms. The lowest BCUT2D eigenvalue weighted by atomic mass is 10.0. The Morgan fingerprint density at radius 1 is 1.60 bits per heavy atom. The van der Waals surface area contributed by atoms with Gasteiger partial charge >= 0.3 is 0 Å². The normalized spacial score (nSPS) is 23.0. The van der Waals surface area contributed by atoms with Crippen LogP contribution in [0.5, 0.6) is 0 Å². The lowest BCUT2D eigenvalue weighted by Crippen LogP contribution is -2.31. The molecule has 0 atom stereocenters. The summed E-state index contributed by atoms with van der Waals surface area (Å²) in [6.45, 7) is 1.52. The first kappa shape index (κ1) is 5.65. The summed E-state index contributed by atoms with van der Waals surface area (Å²) < 4.78 is 0. The van der Waals surface area contributed by atoms with Gasteiger partial charge < -0.3 is 5.32 Å². The summed E-state index contributed by atoms with van der Waals surface area (Å²) in [5, 5.41) is 2.77. The number of rotatable bonds is 0. The highest BCUT2D eigenvalue weighted by atomic mass is 16.1. The fourth-order valence-electron chi connectivity index (χ4n) is 1.28. The summed E-state index contributed by atoms with van der Waals surface area (Å²) in [6.07, 6.45) is 2.64. The van der Waals surface area contributed by atoms with Crippen LogP contribution >= 0.6 is 0 Å². The standard InChI is InChI=1S/C7H8N2O/c10-7-6-4-8-3-5(6)1-2-9-7/h4H,1-3H2,(H,9,10). The molecule has 0 saturated heterocycles. The molecular formula is C7H8N2O. The number of hydrogen-bond acceptors (Lipinski definition) is 2. The van der Waals surface area contributed by atoms with Gasteiger partial charge in [0, 0.05) is 12.8 Å². The highest BCUT2D eigenvalue weighted by Gasteiger charge is 2.20. The van der Waals surface area contributed by atoms with Gasteiger partial charge in [-0.2, -0.15) is 0 Å². The highest BCUT2D eigenvalue weighted by molar-refractivity contribution is 6.14. The minimum Gasteiger partial charge on any atom is -0.352 e. The van der Waals surface area contributed by atoms with E-state index in [4.69, 9.17) is 0 Å². The molecule has 0 unspecified atom stereocenters. The monoisotopic (exact) mass is 136 g/mol. The number of nitrogens with one attached hydrogen (secondary N) is 1. The Kier molecular flexibility index (Phi) is 1.09. The molecule has 2 heterocycles. The molecule has 0 aliphatic carbocycles. The second kappa shape index (κ2) is 1.94. The Morgan fingerprint density at radius 2 is 2.50 bits per heavy atom. The molecule has 0 saturated carbocycles. The van der Waals surface area contributed by atoms with Crippen LogP contribution in [0, 0.1) is 0 Å². The number of carbonyl (C=O) groups excluding carboxylic acids is 1. The number of amides is 1. The first-order chi connectivity index (χ1) is 4.88. The molecule has 0 aromatic carbocycles. The van der Waals surface area contributed by atoms with E-state index >= 15 is 0 Å². The molecule has 52 valence electrons. The van der Waals surface area contributed by atoms with Gasteiger partial charge in [0.15, 0.2) is 0 Å². The van der Waals surface area contributed by atoms with Crippen molar-refractivity contribution in [3.63, 3.8) is 0 Å². The zero-order valence-electron chi connectivity index (χ0n) is 5.55. The van der Waals surface area contributed by atoms with Gasteiger partial charge in [-0.3, -0.25) is 9.79 Å². The second-order valence-electron chi connectivity index (χ2n) is 2.49. The van der Waals surface area contributed by atoms with Gasteiger partial charge in [0.1, 0.15) is 0 Å². The molecule has 0 spiro atoms. The van der Waals surface area contributed by atoms with Gasteiger partial charge in [-0.05, 0) is 12.0 Å². The summed E-state index contributed by atoms with van der Waals surface area (Å²) in [5.41, 5.74) is 2.00. The lowest BCUT2D eigenvalue weighted by Gasteiger charge is -2.12. The van der Waals surface area contributed by atoms with Crippen LogP contribution in [0.25, 0.3) is 0 Å². The van der Waals surface area contributed by atoms with E-state index in [1.165, 1.54) is 5.57 Å². The van der Waals surface area contributed by atoms with Crippen molar-refractivity contribution in [3.05, 3.63) is 11.1 Å². The zero-order valence-corrected chi connectivity index (χ0v) is 5.55. The first-order valence-corrected chi connectivity index (χ1v) is 3.38. The van der Waals surface area contributed by atoms with E-state index in [2.05, 4.69) is 10.3 Å². The number of carbonyl (C=O) groups is 1. The molecule has 1 N–H and O–H groups in total. The number of hydrogen-bond donors (Lipinski definition) is 1. The molecule has 2 aliphatic heterocycles. The SMILES string of the molecule is O=C1NCCC2=C1C=NC2. The van der Waals surface area contributed by atoms with E-state index in [1.54, 1.807) is 6.21 Å². The highest BCUT2D eigenvalue weighted by Crippen LogP contribution is 2.16. The van der Waals surface area contributed by atoms with Crippen molar-refractivity contribution in [2.45, 2.75) is 6.42 Å². The molecule has 10 heavy (non-hydrogen) atoms. The van der Waals surface area contributed by atoms with Crippen LogP contribution in [0.1, 0.15) is 6.42 Å². The van der Waals surface area contributed by atoms with Crippen LogP contribution < -0.4 is 5.32 Å². The van der Waals surface area contributed by atoms with E-state index in [9.17, 15) is 4.79 Å². The van der Waals surface area contributed by atoms with E-state index in [0.29, 0.717) is 0 Å². The third-order valence-corrected chi connectivity index (χ3v) is 1.84. The first-order valence-electron chi connectivity index (χ1n) is 3.38. The summed E-state index contributed by atoms with van der Waals surface area (Å²) in [4.78, 5) is 15.0. The Labute approximate surface area is 58.8 Å². The Balaban J connectivity index is 2.37. The van der Waals surface area contributed by atoms with Crippen LogP contribution in [-0.4, -0.2) is 25.2 Å². The third-order valence-electron chi connectivity index (χ3n) is 1.84. The van der Waals surface area contributed by atoms with Crippen molar-refractivity contribution in [1.82, 2.24) is 5.32 Å². The van der Waals surface area contributed by atoms with Gasteiger partial charge in [0.2, 0.25) is 0 Å². The largest absolute Gasteiger partial charge is 0.352 e.